The van der Waals surface area contributed by atoms with Crippen LogP contribution in [0.5, 0.6) is 5.75 Å². The van der Waals surface area contributed by atoms with Gasteiger partial charge in [-0.15, -0.1) is 0 Å². The Labute approximate surface area is 114 Å². The minimum atomic E-state index is 0.382. The van der Waals surface area contributed by atoms with E-state index in [-0.39, 0.29) is 0 Å². The lowest BCUT2D eigenvalue weighted by molar-refractivity contribution is 0.340. The van der Waals surface area contributed by atoms with Gasteiger partial charge in [-0.2, -0.15) is 5.10 Å². The molecular weight excluding hydrogens is 238 g/mol. The van der Waals surface area contributed by atoms with Crippen LogP contribution in [0, 0.1) is 0 Å². The zero-order valence-electron chi connectivity index (χ0n) is 11.8. The average Bonchev–Trinajstić information content (AvgIpc) is 2.84. The SMILES string of the molecule is CCOc1ccc(-n2ncc(CN)c2C(C)C)cc1. The second-order valence-corrected chi connectivity index (χ2v) is 4.75. The van der Waals surface area contributed by atoms with Crippen LogP contribution in [0.2, 0.25) is 0 Å². The number of aromatic nitrogens is 2. The van der Waals surface area contributed by atoms with Crippen molar-refractivity contribution in [2.45, 2.75) is 33.2 Å². The molecular formula is C15H21N3O. The third-order valence-corrected chi connectivity index (χ3v) is 3.05. The van der Waals surface area contributed by atoms with Gasteiger partial charge in [-0.1, -0.05) is 13.8 Å². The second-order valence-electron chi connectivity index (χ2n) is 4.75. The minimum Gasteiger partial charge on any atom is -0.494 e. The molecule has 0 amide bonds. The molecule has 1 heterocycles. The van der Waals surface area contributed by atoms with E-state index in [1.54, 1.807) is 0 Å². The molecule has 2 aromatic rings. The van der Waals surface area contributed by atoms with Gasteiger partial charge >= 0.3 is 0 Å². The quantitative estimate of drug-likeness (QED) is 0.898. The topological polar surface area (TPSA) is 53.1 Å². The molecule has 0 radical (unpaired) electrons. The highest BCUT2D eigenvalue weighted by Crippen LogP contribution is 2.23. The molecule has 0 saturated carbocycles. The van der Waals surface area contributed by atoms with E-state index in [2.05, 4.69) is 18.9 Å². The maximum Gasteiger partial charge on any atom is 0.119 e. The fraction of sp³-hybridized carbons (Fsp3) is 0.400. The Morgan fingerprint density at radius 3 is 2.47 bits per heavy atom. The zero-order valence-corrected chi connectivity index (χ0v) is 11.8. The maximum atomic E-state index is 5.77. The maximum absolute atomic E-state index is 5.77. The summed E-state index contributed by atoms with van der Waals surface area (Å²) in [6.07, 6.45) is 1.85. The summed E-state index contributed by atoms with van der Waals surface area (Å²) in [5.74, 6) is 1.26. The number of ether oxygens (including phenoxy) is 1. The Kier molecular flexibility index (Phi) is 4.22. The van der Waals surface area contributed by atoms with Crippen LogP contribution >= 0.6 is 0 Å². The van der Waals surface area contributed by atoms with E-state index in [9.17, 15) is 0 Å². The lowest BCUT2D eigenvalue weighted by Gasteiger charge is -2.12. The molecule has 0 spiro atoms. The second kappa shape index (κ2) is 5.89. The van der Waals surface area contributed by atoms with E-state index in [1.807, 2.05) is 42.1 Å². The van der Waals surface area contributed by atoms with E-state index in [0.29, 0.717) is 19.1 Å². The Hall–Kier alpha value is -1.81. The Bertz CT molecular complexity index is 529. The first-order valence-electron chi connectivity index (χ1n) is 6.67. The van der Waals surface area contributed by atoms with Crippen LogP contribution in [0.3, 0.4) is 0 Å². The van der Waals surface area contributed by atoms with Crippen molar-refractivity contribution in [2.75, 3.05) is 6.61 Å². The van der Waals surface area contributed by atoms with Gasteiger partial charge in [0.05, 0.1) is 24.2 Å². The van der Waals surface area contributed by atoms with Gasteiger partial charge in [0.15, 0.2) is 0 Å². The molecule has 2 rings (SSSR count). The molecule has 0 saturated heterocycles. The highest BCUT2D eigenvalue weighted by molar-refractivity contribution is 5.40. The summed E-state index contributed by atoms with van der Waals surface area (Å²) in [4.78, 5) is 0. The van der Waals surface area contributed by atoms with Crippen LogP contribution in [0.15, 0.2) is 30.5 Å². The third kappa shape index (κ3) is 2.79. The summed E-state index contributed by atoms with van der Waals surface area (Å²) >= 11 is 0. The molecule has 0 aliphatic carbocycles. The lowest BCUT2D eigenvalue weighted by Crippen LogP contribution is -2.07. The van der Waals surface area contributed by atoms with E-state index < -0.39 is 0 Å². The van der Waals surface area contributed by atoms with Crippen LogP contribution in [0.25, 0.3) is 5.69 Å². The van der Waals surface area contributed by atoms with Gasteiger partial charge in [0.1, 0.15) is 5.75 Å². The van der Waals surface area contributed by atoms with Gasteiger partial charge < -0.3 is 10.5 Å². The Morgan fingerprint density at radius 2 is 1.95 bits per heavy atom. The first kappa shape index (κ1) is 13.6. The lowest BCUT2D eigenvalue weighted by atomic mass is 10.1. The summed E-state index contributed by atoms with van der Waals surface area (Å²) in [5.41, 5.74) is 9.08. The van der Waals surface area contributed by atoms with Crippen molar-refractivity contribution in [3.63, 3.8) is 0 Å². The van der Waals surface area contributed by atoms with Crippen molar-refractivity contribution in [1.82, 2.24) is 9.78 Å². The molecule has 102 valence electrons. The van der Waals surface area contributed by atoms with Crippen molar-refractivity contribution in [2.24, 2.45) is 5.73 Å². The van der Waals surface area contributed by atoms with Crippen molar-refractivity contribution in [3.05, 3.63) is 41.7 Å². The minimum absolute atomic E-state index is 0.382. The first-order chi connectivity index (χ1) is 9.17. The number of benzene rings is 1. The van der Waals surface area contributed by atoms with Crippen LogP contribution in [-0.4, -0.2) is 16.4 Å². The number of hydrogen-bond donors (Lipinski definition) is 1. The van der Waals surface area contributed by atoms with E-state index >= 15 is 0 Å². The van der Waals surface area contributed by atoms with Crippen LogP contribution < -0.4 is 10.5 Å². The molecule has 1 aromatic carbocycles. The molecule has 0 atom stereocenters. The molecule has 0 unspecified atom stereocenters. The van der Waals surface area contributed by atoms with Gasteiger partial charge in [0.2, 0.25) is 0 Å². The predicted octanol–water partition coefficient (Wildman–Crippen LogP) is 2.85. The molecule has 4 nitrogen and oxygen atoms in total. The van der Waals surface area contributed by atoms with E-state index in [0.717, 1.165) is 17.0 Å². The molecule has 0 aliphatic heterocycles. The van der Waals surface area contributed by atoms with E-state index in [4.69, 9.17) is 10.5 Å². The monoisotopic (exact) mass is 259 g/mol. The predicted molar refractivity (Wildman–Crippen MR) is 76.7 cm³/mol. The standard InChI is InChI=1S/C15H21N3O/c1-4-19-14-7-5-13(6-8-14)18-15(11(2)3)12(9-16)10-17-18/h5-8,10-11H,4,9,16H2,1-3H3. The molecule has 0 aliphatic rings. The van der Waals surface area contributed by atoms with Gasteiger partial charge in [-0.05, 0) is 37.1 Å². The average molecular weight is 259 g/mol. The fourth-order valence-corrected chi connectivity index (χ4v) is 2.22. The van der Waals surface area contributed by atoms with Gasteiger partial charge in [0, 0.05) is 12.1 Å². The summed E-state index contributed by atoms with van der Waals surface area (Å²) in [7, 11) is 0. The van der Waals surface area contributed by atoms with Gasteiger partial charge in [-0.25, -0.2) is 4.68 Å². The van der Waals surface area contributed by atoms with E-state index in [1.165, 1.54) is 5.69 Å². The summed E-state index contributed by atoms with van der Waals surface area (Å²) in [5, 5.41) is 4.45. The number of nitrogens with zero attached hydrogens (tertiary/aromatic N) is 2. The molecule has 0 bridgehead atoms. The van der Waals surface area contributed by atoms with Crippen LogP contribution in [-0.2, 0) is 6.54 Å². The van der Waals surface area contributed by atoms with Crippen molar-refractivity contribution in [1.29, 1.82) is 0 Å². The fourth-order valence-electron chi connectivity index (χ4n) is 2.22. The summed E-state index contributed by atoms with van der Waals surface area (Å²) in [6.45, 7) is 7.48. The molecule has 19 heavy (non-hydrogen) atoms. The number of rotatable bonds is 5. The smallest absolute Gasteiger partial charge is 0.119 e. The Morgan fingerprint density at radius 1 is 1.26 bits per heavy atom. The van der Waals surface area contributed by atoms with Crippen molar-refractivity contribution in [3.8, 4) is 11.4 Å². The Balaban J connectivity index is 2.38. The highest BCUT2D eigenvalue weighted by Gasteiger charge is 2.14. The molecule has 1 aromatic heterocycles. The van der Waals surface area contributed by atoms with Crippen LogP contribution in [0.1, 0.15) is 37.9 Å². The van der Waals surface area contributed by atoms with Gasteiger partial charge in [-0.3, -0.25) is 0 Å². The zero-order chi connectivity index (χ0) is 13.8. The molecule has 4 heteroatoms. The number of hydrogen-bond acceptors (Lipinski definition) is 3. The van der Waals surface area contributed by atoms with Crippen LogP contribution in [0.4, 0.5) is 0 Å². The summed E-state index contributed by atoms with van der Waals surface area (Å²) < 4.78 is 7.41. The largest absolute Gasteiger partial charge is 0.494 e. The third-order valence-electron chi connectivity index (χ3n) is 3.05. The molecule has 0 fully saturated rings. The number of nitrogens with two attached hydrogens (primary N) is 1. The van der Waals surface area contributed by atoms with Crippen molar-refractivity contribution < 1.29 is 4.74 Å². The first-order valence-corrected chi connectivity index (χ1v) is 6.67. The normalized spacial score (nSPS) is 11.0. The highest BCUT2D eigenvalue weighted by atomic mass is 16.5. The van der Waals surface area contributed by atoms with Gasteiger partial charge in [0.25, 0.3) is 0 Å². The summed E-state index contributed by atoms with van der Waals surface area (Å²) in [6, 6.07) is 7.97. The molecule has 2 N–H and O–H groups in total. The van der Waals surface area contributed by atoms with Crippen molar-refractivity contribution >= 4 is 0 Å².